The number of aliphatic hydroxyl groups is 6. The van der Waals surface area contributed by atoms with Gasteiger partial charge in [0.2, 0.25) is 5.91 Å². The van der Waals surface area contributed by atoms with Crippen molar-refractivity contribution in [3.05, 3.63) is 10.4 Å². The predicted molar refractivity (Wildman–Crippen MR) is 125 cm³/mol. The van der Waals surface area contributed by atoms with Crippen LogP contribution in [0.5, 0.6) is 0 Å². The van der Waals surface area contributed by atoms with Crippen molar-refractivity contribution in [1.29, 1.82) is 0 Å². The van der Waals surface area contributed by atoms with E-state index in [0.717, 1.165) is 0 Å². The van der Waals surface area contributed by atoms with Crippen LogP contribution in [0.15, 0.2) is 5.11 Å². The average Bonchev–Trinajstić information content (AvgIpc) is 2.88. The second kappa shape index (κ2) is 13.6. The third kappa shape index (κ3) is 6.87. The highest BCUT2D eigenvalue weighted by Crippen LogP contribution is 2.30. The molecule has 218 valence electrons. The number of azide groups is 1. The summed E-state index contributed by atoms with van der Waals surface area (Å²) >= 11 is 0. The van der Waals surface area contributed by atoms with E-state index < -0.39 is 98.1 Å². The number of rotatable bonds is 9. The van der Waals surface area contributed by atoms with E-state index in [1.165, 1.54) is 0 Å². The van der Waals surface area contributed by atoms with Gasteiger partial charge < -0.3 is 71.7 Å². The zero-order valence-corrected chi connectivity index (χ0v) is 20.6. The standard InChI is InChI=1S/C20H37N7O11/c1-24-11-8(28)5-35-19(13(11)31)37-17-6(21)2-7(22)18(16(17)34)38-20-15(33)14(32)12(30)9(36-20)3-25-10(29)4-26-27-23/h6-9,11-20,24,28,30-34H,2-5,21-22H2,1H3,(H,25,29)/t6-,7?,8+,9?,11?,12-,13-,14+,15?,16?,17-,18-,19-,20-/m1/s1. The Bertz CT molecular complexity index is 839. The van der Waals surface area contributed by atoms with Crippen LogP contribution < -0.4 is 22.1 Å². The number of hydrogen-bond donors (Lipinski definition) is 10. The number of aliphatic hydroxyl groups excluding tert-OH is 6. The minimum Gasteiger partial charge on any atom is -0.389 e. The van der Waals surface area contributed by atoms with Crippen LogP contribution in [-0.2, 0) is 23.7 Å². The molecule has 1 aliphatic carbocycles. The Hall–Kier alpha value is -1.74. The third-order valence-electron chi connectivity index (χ3n) is 6.92. The van der Waals surface area contributed by atoms with Crippen LogP contribution in [-0.4, -0.2) is 149 Å². The molecule has 1 amide bonds. The first-order valence-corrected chi connectivity index (χ1v) is 12.1. The number of carbonyl (C=O) groups excluding carboxylic acids is 1. The summed E-state index contributed by atoms with van der Waals surface area (Å²) in [5.41, 5.74) is 20.6. The van der Waals surface area contributed by atoms with Crippen LogP contribution >= 0.6 is 0 Å². The fraction of sp³-hybridized carbons (Fsp3) is 0.950. The normalized spacial score (nSPS) is 45.7. The molecule has 18 heteroatoms. The second-order valence-corrected chi connectivity index (χ2v) is 9.54. The van der Waals surface area contributed by atoms with Gasteiger partial charge in [-0.2, -0.15) is 0 Å². The Balaban J connectivity index is 1.68. The van der Waals surface area contributed by atoms with Crippen LogP contribution in [0.1, 0.15) is 6.42 Å². The molecule has 0 aromatic rings. The number of nitrogens with one attached hydrogen (secondary N) is 2. The van der Waals surface area contributed by atoms with Crippen LogP contribution in [0.25, 0.3) is 10.4 Å². The molecule has 3 rings (SSSR count). The molecule has 0 radical (unpaired) electrons. The van der Waals surface area contributed by atoms with E-state index in [-0.39, 0.29) is 19.6 Å². The lowest BCUT2D eigenvalue weighted by atomic mass is 9.84. The minimum atomic E-state index is -1.75. The van der Waals surface area contributed by atoms with Gasteiger partial charge in [-0.15, -0.1) is 0 Å². The van der Waals surface area contributed by atoms with E-state index in [1.807, 2.05) is 0 Å². The van der Waals surface area contributed by atoms with Gasteiger partial charge in [-0.3, -0.25) is 4.79 Å². The second-order valence-electron chi connectivity index (χ2n) is 9.54. The first kappa shape index (κ1) is 30.8. The Morgan fingerprint density at radius 1 is 1.00 bits per heavy atom. The van der Waals surface area contributed by atoms with Gasteiger partial charge in [-0.1, -0.05) is 5.11 Å². The van der Waals surface area contributed by atoms with E-state index >= 15 is 0 Å². The molecule has 14 atom stereocenters. The topological polar surface area (TPSA) is 300 Å². The SMILES string of the molecule is CNC1[C@@H](O)[C@@H](O[C@H]2C(O)[C@H](O[C@H]3OC(CNC(=O)CN=[N+]=[N-])[C@@H](O)[C@H](O)C3O)C(N)C[C@H]2N)OC[C@@H]1O. The molecule has 3 aliphatic rings. The van der Waals surface area contributed by atoms with Crippen molar-refractivity contribution >= 4 is 5.91 Å². The summed E-state index contributed by atoms with van der Waals surface area (Å²) in [5.74, 6) is -0.671. The van der Waals surface area contributed by atoms with Gasteiger partial charge in [-0.05, 0) is 19.0 Å². The summed E-state index contributed by atoms with van der Waals surface area (Å²) in [7, 11) is 1.55. The molecule has 38 heavy (non-hydrogen) atoms. The van der Waals surface area contributed by atoms with Gasteiger partial charge in [0, 0.05) is 23.5 Å². The molecule has 3 fully saturated rings. The Morgan fingerprint density at radius 3 is 2.24 bits per heavy atom. The van der Waals surface area contributed by atoms with Crippen molar-refractivity contribution < 1.29 is 54.4 Å². The first-order valence-electron chi connectivity index (χ1n) is 12.1. The lowest BCUT2D eigenvalue weighted by molar-refractivity contribution is -0.327. The summed E-state index contributed by atoms with van der Waals surface area (Å²) in [6.45, 7) is -0.966. The molecule has 1 saturated carbocycles. The molecule has 2 aliphatic heterocycles. The summed E-state index contributed by atoms with van der Waals surface area (Å²) in [6.07, 6.45) is -15.3. The molecule has 5 unspecified atom stereocenters. The molecule has 0 aromatic carbocycles. The smallest absolute Gasteiger partial charge is 0.225 e. The van der Waals surface area contributed by atoms with E-state index in [4.69, 9.17) is 35.9 Å². The van der Waals surface area contributed by atoms with Crippen molar-refractivity contribution in [2.45, 2.75) is 92.1 Å². The van der Waals surface area contributed by atoms with Crippen molar-refractivity contribution in [3.8, 4) is 0 Å². The summed E-state index contributed by atoms with van der Waals surface area (Å²) in [4.78, 5) is 14.2. The van der Waals surface area contributed by atoms with Crippen LogP contribution in [0.2, 0.25) is 0 Å². The van der Waals surface area contributed by atoms with Crippen LogP contribution in [0.4, 0.5) is 0 Å². The molecule has 0 aromatic heterocycles. The maximum Gasteiger partial charge on any atom is 0.225 e. The van der Waals surface area contributed by atoms with Crippen molar-refractivity contribution in [3.63, 3.8) is 0 Å². The van der Waals surface area contributed by atoms with Gasteiger partial charge in [-0.25, -0.2) is 0 Å². The van der Waals surface area contributed by atoms with Crippen molar-refractivity contribution in [1.82, 2.24) is 10.6 Å². The number of ether oxygens (including phenoxy) is 4. The van der Waals surface area contributed by atoms with Gasteiger partial charge in [0.1, 0.15) is 55.4 Å². The van der Waals surface area contributed by atoms with E-state index in [0.29, 0.717) is 0 Å². The number of likely N-dealkylation sites (N-methyl/N-ethyl adjacent to an activating group) is 1. The molecular weight excluding hydrogens is 514 g/mol. The van der Waals surface area contributed by atoms with E-state index in [2.05, 4.69) is 20.7 Å². The van der Waals surface area contributed by atoms with Crippen LogP contribution in [0, 0.1) is 0 Å². The highest BCUT2D eigenvalue weighted by Gasteiger charge is 2.51. The number of nitrogens with zero attached hydrogens (tertiary/aromatic N) is 3. The van der Waals surface area contributed by atoms with Gasteiger partial charge >= 0.3 is 0 Å². The zero-order valence-electron chi connectivity index (χ0n) is 20.6. The summed E-state index contributed by atoms with van der Waals surface area (Å²) in [6, 6.07) is -2.44. The zero-order chi connectivity index (χ0) is 28.1. The largest absolute Gasteiger partial charge is 0.389 e. The molecule has 12 N–H and O–H groups in total. The number of carbonyl (C=O) groups is 1. The third-order valence-corrected chi connectivity index (χ3v) is 6.92. The molecule has 0 spiro atoms. The monoisotopic (exact) mass is 551 g/mol. The van der Waals surface area contributed by atoms with Gasteiger partial charge in [0.25, 0.3) is 0 Å². The van der Waals surface area contributed by atoms with Crippen molar-refractivity contribution in [2.75, 3.05) is 26.7 Å². The number of hydrogen-bond acceptors (Lipinski definition) is 15. The lowest BCUT2D eigenvalue weighted by Gasteiger charge is -2.47. The first-order chi connectivity index (χ1) is 18.0. The van der Waals surface area contributed by atoms with E-state index in [1.54, 1.807) is 7.05 Å². The van der Waals surface area contributed by atoms with Crippen molar-refractivity contribution in [2.24, 2.45) is 16.6 Å². The number of nitrogens with two attached hydrogens (primary N) is 2. The number of amides is 1. The predicted octanol–water partition coefficient (Wildman–Crippen LogP) is -5.92. The average molecular weight is 552 g/mol. The fourth-order valence-corrected chi connectivity index (χ4v) is 4.79. The van der Waals surface area contributed by atoms with Gasteiger partial charge in [0.15, 0.2) is 12.6 Å². The highest BCUT2D eigenvalue weighted by molar-refractivity contribution is 5.78. The van der Waals surface area contributed by atoms with E-state index in [9.17, 15) is 35.4 Å². The maximum atomic E-state index is 11.7. The maximum absolute atomic E-state index is 11.7. The Kier molecular flexibility index (Phi) is 11.0. The highest BCUT2D eigenvalue weighted by atomic mass is 16.7. The summed E-state index contributed by atoms with van der Waals surface area (Å²) in [5, 5.41) is 70.9. The van der Waals surface area contributed by atoms with Crippen LogP contribution in [0.3, 0.4) is 0 Å². The molecule has 2 heterocycles. The fourth-order valence-electron chi connectivity index (χ4n) is 4.79. The molecule has 2 saturated heterocycles. The molecule has 18 nitrogen and oxygen atoms in total. The minimum absolute atomic E-state index is 0.0835. The Labute approximate surface area is 217 Å². The quantitative estimate of drug-likeness (QED) is 0.0725. The lowest BCUT2D eigenvalue weighted by Crippen LogP contribution is -2.68. The molecule has 0 bridgehead atoms. The molecular formula is C20H37N7O11. The summed E-state index contributed by atoms with van der Waals surface area (Å²) < 4.78 is 22.5. The Morgan fingerprint density at radius 2 is 1.63 bits per heavy atom. The van der Waals surface area contributed by atoms with Gasteiger partial charge in [0.05, 0.1) is 18.8 Å².